The second-order valence-electron chi connectivity index (χ2n) is 6.68. The smallest absolute Gasteiger partial charge is 0.277 e. The first-order valence-corrected chi connectivity index (χ1v) is 9.43. The Balaban J connectivity index is 0.00000171. The maximum Gasteiger partial charge on any atom is 0.277 e. The fourth-order valence-corrected chi connectivity index (χ4v) is 3.10. The second kappa shape index (κ2) is 11.5. The third-order valence-electron chi connectivity index (χ3n) is 4.70. The van der Waals surface area contributed by atoms with Crippen LogP contribution in [0.15, 0.2) is 48.8 Å². The van der Waals surface area contributed by atoms with Crippen molar-refractivity contribution >= 4 is 36.4 Å². The van der Waals surface area contributed by atoms with Crippen molar-refractivity contribution in [1.29, 1.82) is 0 Å². The van der Waals surface area contributed by atoms with Crippen LogP contribution in [0.1, 0.15) is 29.4 Å². The molecule has 3 aromatic rings. The molecule has 1 aliphatic heterocycles. The molecule has 1 amide bonds. The number of methoxy groups -OCH3 is 1. The van der Waals surface area contributed by atoms with Crippen LogP contribution in [0.5, 0.6) is 17.4 Å². The Hall–Kier alpha value is -2.88. The molecule has 0 spiro atoms. The van der Waals surface area contributed by atoms with Crippen LogP contribution >= 0.6 is 24.8 Å². The number of hydrogen-bond donors (Lipinski definition) is 2. The van der Waals surface area contributed by atoms with Crippen LogP contribution in [0, 0.1) is 0 Å². The molecule has 1 saturated heterocycles. The van der Waals surface area contributed by atoms with E-state index in [0.717, 1.165) is 31.7 Å². The van der Waals surface area contributed by atoms with E-state index in [1.807, 2.05) is 0 Å². The molecule has 0 aliphatic carbocycles. The zero-order valence-electron chi connectivity index (χ0n) is 16.9. The quantitative estimate of drug-likeness (QED) is 0.572. The van der Waals surface area contributed by atoms with E-state index in [-0.39, 0.29) is 42.5 Å². The summed E-state index contributed by atoms with van der Waals surface area (Å²) in [4.78, 5) is 16.7. The van der Waals surface area contributed by atoms with E-state index < -0.39 is 0 Å². The van der Waals surface area contributed by atoms with Gasteiger partial charge in [-0.15, -0.1) is 29.9 Å². The fraction of sp³-hybridized carbons (Fsp3) is 0.300. The summed E-state index contributed by atoms with van der Waals surface area (Å²) in [6.45, 7) is 1.89. The Morgan fingerprint density at radius 1 is 1.10 bits per heavy atom. The Morgan fingerprint density at radius 3 is 2.45 bits per heavy atom. The van der Waals surface area contributed by atoms with Crippen molar-refractivity contribution in [1.82, 2.24) is 25.3 Å². The van der Waals surface area contributed by atoms with Crippen molar-refractivity contribution in [3.8, 4) is 17.4 Å². The molecular formula is C20H24Cl2N6O3. The van der Waals surface area contributed by atoms with Gasteiger partial charge in [-0.3, -0.25) is 4.79 Å². The molecule has 1 aliphatic rings. The number of ether oxygens (including phenoxy) is 2. The van der Waals surface area contributed by atoms with E-state index in [4.69, 9.17) is 9.47 Å². The highest BCUT2D eigenvalue weighted by Gasteiger charge is 2.18. The molecular weight excluding hydrogens is 443 g/mol. The lowest BCUT2D eigenvalue weighted by atomic mass is 10.1. The molecule has 4 rings (SSSR count). The monoisotopic (exact) mass is 466 g/mol. The van der Waals surface area contributed by atoms with E-state index in [2.05, 4.69) is 25.9 Å². The summed E-state index contributed by atoms with van der Waals surface area (Å²) in [5.41, 5.74) is 0.829. The lowest BCUT2D eigenvalue weighted by molar-refractivity contribution is 0.102. The molecule has 0 bridgehead atoms. The number of aromatic nitrogens is 4. The highest BCUT2D eigenvalue weighted by molar-refractivity contribution is 6.02. The van der Waals surface area contributed by atoms with Crippen molar-refractivity contribution in [2.75, 3.05) is 25.5 Å². The van der Waals surface area contributed by atoms with Crippen molar-refractivity contribution < 1.29 is 14.3 Å². The molecule has 1 aromatic carbocycles. The number of carbonyl (C=O) groups excluding carboxylic acids is 1. The van der Waals surface area contributed by atoms with Crippen molar-refractivity contribution in [2.45, 2.75) is 18.9 Å². The van der Waals surface area contributed by atoms with Gasteiger partial charge in [0.25, 0.3) is 5.91 Å². The third kappa shape index (κ3) is 6.30. The normalized spacial score (nSPS) is 13.5. The van der Waals surface area contributed by atoms with Gasteiger partial charge in [-0.05, 0) is 56.3 Å². The summed E-state index contributed by atoms with van der Waals surface area (Å²) in [6.07, 6.45) is 5.18. The van der Waals surface area contributed by atoms with Crippen LogP contribution in [0.2, 0.25) is 0 Å². The Labute approximate surface area is 192 Å². The number of amides is 1. The first-order chi connectivity index (χ1) is 14.2. The SMILES string of the molecule is COc1ccc(Oc2ccc(NC(=O)c3cn(C4CCNCC4)nn3)cn2)cc1.Cl.Cl. The van der Waals surface area contributed by atoms with E-state index >= 15 is 0 Å². The summed E-state index contributed by atoms with van der Waals surface area (Å²) < 4.78 is 12.6. The van der Waals surface area contributed by atoms with Crippen LogP contribution in [0.25, 0.3) is 0 Å². The largest absolute Gasteiger partial charge is 0.497 e. The van der Waals surface area contributed by atoms with Crippen LogP contribution in [0.3, 0.4) is 0 Å². The van der Waals surface area contributed by atoms with Gasteiger partial charge in [-0.2, -0.15) is 0 Å². The molecule has 1 fully saturated rings. The molecule has 166 valence electrons. The van der Waals surface area contributed by atoms with E-state index in [0.29, 0.717) is 17.3 Å². The molecule has 9 nitrogen and oxygen atoms in total. The average Bonchev–Trinajstić information content (AvgIpc) is 3.27. The maximum absolute atomic E-state index is 12.4. The minimum absolute atomic E-state index is 0. The van der Waals surface area contributed by atoms with Crippen LogP contribution in [-0.4, -0.2) is 46.1 Å². The first-order valence-electron chi connectivity index (χ1n) is 9.43. The summed E-state index contributed by atoms with van der Waals surface area (Å²) in [5.74, 6) is 1.49. The standard InChI is InChI=1S/C20H22N6O3.2ClH/c1-28-16-3-5-17(6-4-16)29-19-7-2-14(12-22-19)23-20(27)18-13-26(25-24-18)15-8-10-21-11-9-15;;/h2-7,12-13,15,21H,8-11H2,1H3,(H,23,27);2*1H. The average molecular weight is 467 g/mol. The van der Waals surface area contributed by atoms with Crippen molar-refractivity contribution in [2.24, 2.45) is 0 Å². The Bertz CT molecular complexity index is 960. The second-order valence-corrected chi connectivity index (χ2v) is 6.68. The summed E-state index contributed by atoms with van der Waals surface area (Å²) in [6, 6.07) is 10.9. The fourth-order valence-electron chi connectivity index (χ4n) is 3.10. The highest BCUT2D eigenvalue weighted by atomic mass is 35.5. The lowest BCUT2D eigenvalue weighted by Crippen LogP contribution is -2.29. The molecule has 2 N–H and O–H groups in total. The molecule has 0 unspecified atom stereocenters. The minimum atomic E-state index is -0.323. The summed E-state index contributed by atoms with van der Waals surface area (Å²) >= 11 is 0. The van der Waals surface area contributed by atoms with Crippen molar-refractivity contribution in [3.05, 3.63) is 54.5 Å². The summed E-state index contributed by atoms with van der Waals surface area (Å²) in [5, 5.41) is 14.2. The molecule has 2 aromatic heterocycles. The predicted octanol–water partition coefficient (Wildman–Crippen LogP) is 3.49. The van der Waals surface area contributed by atoms with E-state index in [1.54, 1.807) is 54.4 Å². The van der Waals surface area contributed by atoms with Gasteiger partial charge in [-0.25, -0.2) is 9.67 Å². The van der Waals surface area contributed by atoms with Gasteiger partial charge in [-0.1, -0.05) is 5.21 Å². The number of benzene rings is 1. The van der Waals surface area contributed by atoms with E-state index in [9.17, 15) is 4.79 Å². The van der Waals surface area contributed by atoms with Gasteiger partial charge >= 0.3 is 0 Å². The lowest BCUT2D eigenvalue weighted by Gasteiger charge is -2.22. The topological polar surface area (TPSA) is 103 Å². The number of piperidine rings is 1. The van der Waals surface area contributed by atoms with Crippen LogP contribution in [-0.2, 0) is 0 Å². The minimum Gasteiger partial charge on any atom is -0.497 e. The molecule has 0 atom stereocenters. The Morgan fingerprint density at radius 2 is 1.81 bits per heavy atom. The zero-order chi connectivity index (χ0) is 20.1. The molecule has 11 heteroatoms. The third-order valence-corrected chi connectivity index (χ3v) is 4.70. The number of carbonyl (C=O) groups is 1. The molecule has 31 heavy (non-hydrogen) atoms. The summed E-state index contributed by atoms with van der Waals surface area (Å²) in [7, 11) is 1.61. The van der Waals surface area contributed by atoms with Gasteiger partial charge in [0.1, 0.15) is 11.5 Å². The van der Waals surface area contributed by atoms with Crippen LogP contribution in [0.4, 0.5) is 5.69 Å². The zero-order valence-corrected chi connectivity index (χ0v) is 18.5. The number of nitrogens with zero attached hydrogens (tertiary/aromatic N) is 4. The van der Waals surface area contributed by atoms with E-state index in [1.165, 1.54) is 6.20 Å². The van der Waals surface area contributed by atoms with Gasteiger partial charge in [0.05, 0.1) is 31.2 Å². The maximum atomic E-state index is 12.4. The number of pyridine rings is 1. The first kappa shape index (κ1) is 24.4. The van der Waals surface area contributed by atoms with Crippen molar-refractivity contribution in [3.63, 3.8) is 0 Å². The van der Waals surface area contributed by atoms with Gasteiger partial charge in [0.15, 0.2) is 5.69 Å². The number of nitrogens with one attached hydrogen (secondary N) is 2. The predicted molar refractivity (Wildman–Crippen MR) is 121 cm³/mol. The molecule has 0 radical (unpaired) electrons. The molecule has 0 saturated carbocycles. The number of hydrogen-bond acceptors (Lipinski definition) is 7. The van der Waals surface area contributed by atoms with Gasteiger partial charge in [0, 0.05) is 6.07 Å². The molecule has 3 heterocycles. The van der Waals surface area contributed by atoms with Crippen LogP contribution < -0.4 is 20.1 Å². The number of halogens is 2. The van der Waals surface area contributed by atoms with Gasteiger partial charge in [0.2, 0.25) is 5.88 Å². The van der Waals surface area contributed by atoms with Gasteiger partial charge < -0.3 is 20.1 Å². The number of anilines is 1. The Kier molecular flexibility index (Phi) is 9.04. The highest BCUT2D eigenvalue weighted by Crippen LogP contribution is 2.23. The number of rotatable bonds is 6.